The molecule has 1 saturated carbocycles. The van der Waals surface area contributed by atoms with Crippen molar-refractivity contribution in [2.45, 2.75) is 44.1 Å². The Morgan fingerprint density at radius 2 is 1.92 bits per heavy atom. The lowest BCUT2D eigenvalue weighted by atomic mass is 9.80. The van der Waals surface area contributed by atoms with E-state index in [1.165, 1.54) is 6.42 Å². The zero-order valence-corrected chi connectivity index (χ0v) is 15.1. The molecule has 2 aromatic rings. The molecule has 1 aromatic heterocycles. The number of alkyl halides is 2. The highest BCUT2D eigenvalue weighted by atomic mass is 19.3. The first kappa shape index (κ1) is 18.9. The Bertz CT molecular complexity index is 735. The van der Waals surface area contributed by atoms with Gasteiger partial charge in [0.05, 0.1) is 12.1 Å². The molecule has 1 heterocycles. The van der Waals surface area contributed by atoms with Crippen molar-refractivity contribution in [2.75, 3.05) is 32.1 Å². The number of benzene rings is 1. The lowest BCUT2D eigenvalue weighted by Gasteiger charge is -2.45. The van der Waals surface area contributed by atoms with E-state index in [4.69, 9.17) is 0 Å². The first-order valence-electron chi connectivity index (χ1n) is 9.16. The molecular weight excluding hydrogens is 338 g/mol. The second-order valence-electron chi connectivity index (χ2n) is 7.03. The average molecular weight is 364 g/mol. The summed E-state index contributed by atoms with van der Waals surface area (Å²) >= 11 is 0. The molecular formula is C19H26F2N4O. The molecule has 0 saturated heterocycles. The van der Waals surface area contributed by atoms with Crippen LogP contribution in [0.2, 0.25) is 0 Å². The number of likely N-dealkylation sites (N-methyl/N-ethyl adjacent to an activating group) is 1. The first-order valence-corrected chi connectivity index (χ1v) is 9.16. The van der Waals surface area contributed by atoms with Crippen molar-refractivity contribution < 1.29 is 13.9 Å². The fraction of sp³-hybridized carbons (Fsp3) is 0.579. The average Bonchev–Trinajstić information content (AvgIpc) is 2.66. The summed E-state index contributed by atoms with van der Waals surface area (Å²) in [5.74, 6) is 0.000791. The Kier molecular flexibility index (Phi) is 5.98. The molecule has 1 aliphatic rings. The molecule has 2 N–H and O–H groups in total. The van der Waals surface area contributed by atoms with Crippen LogP contribution in [0.4, 0.5) is 14.6 Å². The van der Waals surface area contributed by atoms with Crippen molar-refractivity contribution in [3.8, 4) is 0 Å². The maximum atomic E-state index is 13.2. The van der Waals surface area contributed by atoms with Crippen LogP contribution >= 0.6 is 0 Å². The van der Waals surface area contributed by atoms with Crippen molar-refractivity contribution in [3.63, 3.8) is 0 Å². The van der Waals surface area contributed by atoms with Crippen LogP contribution < -0.4 is 5.32 Å². The van der Waals surface area contributed by atoms with Crippen molar-refractivity contribution in [1.29, 1.82) is 0 Å². The fourth-order valence-electron chi connectivity index (χ4n) is 3.87. The second kappa shape index (κ2) is 8.22. The minimum Gasteiger partial charge on any atom is -0.395 e. The van der Waals surface area contributed by atoms with Crippen LogP contribution in [-0.2, 0) is 0 Å². The Morgan fingerprint density at radius 3 is 2.62 bits per heavy atom. The summed E-state index contributed by atoms with van der Waals surface area (Å²) in [7, 11) is 2.02. The topological polar surface area (TPSA) is 61.3 Å². The number of nitrogens with zero attached hydrogens (tertiary/aromatic N) is 3. The largest absolute Gasteiger partial charge is 0.395 e. The van der Waals surface area contributed by atoms with Crippen LogP contribution in [0.25, 0.3) is 10.9 Å². The number of aromatic nitrogens is 2. The van der Waals surface area contributed by atoms with Crippen molar-refractivity contribution in [2.24, 2.45) is 0 Å². The van der Waals surface area contributed by atoms with E-state index in [1.807, 2.05) is 19.2 Å². The molecule has 1 fully saturated rings. The van der Waals surface area contributed by atoms with Gasteiger partial charge in [0.15, 0.2) is 5.82 Å². The molecule has 1 aliphatic carbocycles. The van der Waals surface area contributed by atoms with E-state index >= 15 is 0 Å². The smallest absolute Gasteiger partial charge is 0.297 e. The zero-order valence-electron chi connectivity index (χ0n) is 15.1. The first-order chi connectivity index (χ1) is 12.6. The summed E-state index contributed by atoms with van der Waals surface area (Å²) in [5.41, 5.74) is 0.416. The van der Waals surface area contributed by atoms with Gasteiger partial charge in [-0.3, -0.25) is 4.90 Å². The van der Waals surface area contributed by atoms with Crippen LogP contribution in [0, 0.1) is 0 Å². The molecule has 0 aliphatic heterocycles. The molecule has 0 amide bonds. The molecule has 142 valence electrons. The van der Waals surface area contributed by atoms with Gasteiger partial charge in [-0.2, -0.15) is 0 Å². The maximum absolute atomic E-state index is 13.2. The molecule has 26 heavy (non-hydrogen) atoms. The Hall–Kier alpha value is -1.86. The molecule has 0 unspecified atom stereocenters. The number of halogens is 2. The normalized spacial score (nSPS) is 17.2. The van der Waals surface area contributed by atoms with Crippen molar-refractivity contribution >= 4 is 16.7 Å². The van der Waals surface area contributed by atoms with Gasteiger partial charge >= 0.3 is 0 Å². The highest BCUT2D eigenvalue weighted by Gasteiger charge is 2.35. The number of fused-ring (bicyclic) bond motifs is 1. The number of β-amino-alcohol motifs (C(OH)–C–C–N with tert-alkyl or cyclic N) is 1. The third-order valence-corrected chi connectivity index (χ3v) is 5.43. The van der Waals surface area contributed by atoms with E-state index in [0.717, 1.165) is 31.1 Å². The Labute approximate surface area is 152 Å². The van der Waals surface area contributed by atoms with Gasteiger partial charge in [-0.1, -0.05) is 31.4 Å². The molecule has 0 atom stereocenters. The summed E-state index contributed by atoms with van der Waals surface area (Å²) in [6.45, 7) is 1.30. The highest BCUT2D eigenvalue weighted by molar-refractivity contribution is 5.89. The lowest BCUT2D eigenvalue weighted by molar-refractivity contribution is 0.0690. The Morgan fingerprint density at radius 1 is 1.19 bits per heavy atom. The number of para-hydroxylation sites is 1. The third-order valence-electron chi connectivity index (χ3n) is 5.43. The predicted molar refractivity (Wildman–Crippen MR) is 98.5 cm³/mol. The van der Waals surface area contributed by atoms with Crippen molar-refractivity contribution in [3.05, 3.63) is 30.1 Å². The van der Waals surface area contributed by atoms with E-state index < -0.39 is 12.2 Å². The molecule has 0 radical (unpaired) electrons. The molecule has 0 bridgehead atoms. The molecule has 5 nitrogen and oxygen atoms in total. The summed E-state index contributed by atoms with van der Waals surface area (Å²) in [6, 6.07) is 7.21. The molecule has 1 aromatic carbocycles. The third kappa shape index (κ3) is 3.94. The molecule has 0 spiro atoms. The van der Waals surface area contributed by atoms with Gasteiger partial charge in [0, 0.05) is 24.0 Å². The second-order valence-corrected chi connectivity index (χ2v) is 7.03. The number of hydrogen-bond donors (Lipinski definition) is 2. The monoisotopic (exact) mass is 364 g/mol. The van der Waals surface area contributed by atoms with E-state index in [-0.39, 0.29) is 12.1 Å². The molecule has 3 rings (SSSR count). The van der Waals surface area contributed by atoms with Gasteiger partial charge < -0.3 is 10.4 Å². The van der Waals surface area contributed by atoms with Gasteiger partial charge in [0.25, 0.3) is 6.43 Å². The quantitative estimate of drug-likeness (QED) is 0.786. The lowest BCUT2D eigenvalue weighted by Crippen LogP contribution is -2.53. The zero-order chi connectivity index (χ0) is 18.6. The highest BCUT2D eigenvalue weighted by Crippen LogP contribution is 2.34. The summed E-state index contributed by atoms with van der Waals surface area (Å²) < 4.78 is 26.4. The van der Waals surface area contributed by atoms with Crippen LogP contribution in [0.1, 0.15) is 44.4 Å². The minimum absolute atomic E-state index is 0.0992. The van der Waals surface area contributed by atoms with Gasteiger partial charge in [-0.25, -0.2) is 18.7 Å². The predicted octanol–water partition coefficient (Wildman–Crippen LogP) is 3.61. The summed E-state index contributed by atoms with van der Waals surface area (Å²) in [4.78, 5) is 10.2. The fourth-order valence-corrected chi connectivity index (χ4v) is 3.87. The maximum Gasteiger partial charge on any atom is 0.297 e. The van der Waals surface area contributed by atoms with Crippen LogP contribution in [0.15, 0.2) is 24.3 Å². The Balaban J connectivity index is 1.89. The summed E-state index contributed by atoms with van der Waals surface area (Å²) in [5, 5.41) is 13.4. The van der Waals surface area contributed by atoms with E-state index in [1.54, 1.807) is 12.1 Å². The van der Waals surface area contributed by atoms with Gasteiger partial charge in [-0.15, -0.1) is 0 Å². The SMILES string of the molecule is CN(CCO)C1(CNc2nc(C(F)F)nc3ccccc23)CCCCC1. The van der Waals surface area contributed by atoms with Crippen LogP contribution in [0.3, 0.4) is 0 Å². The van der Waals surface area contributed by atoms with E-state index in [0.29, 0.717) is 24.4 Å². The van der Waals surface area contributed by atoms with Gasteiger partial charge in [-0.05, 0) is 32.0 Å². The number of aliphatic hydroxyl groups is 1. The van der Waals surface area contributed by atoms with E-state index in [2.05, 4.69) is 20.2 Å². The minimum atomic E-state index is -2.71. The van der Waals surface area contributed by atoms with Gasteiger partial charge in [0.1, 0.15) is 5.82 Å². The number of hydrogen-bond acceptors (Lipinski definition) is 5. The van der Waals surface area contributed by atoms with E-state index in [9.17, 15) is 13.9 Å². The van der Waals surface area contributed by atoms with Crippen LogP contribution in [-0.4, -0.2) is 52.3 Å². The number of rotatable bonds is 7. The molecule has 7 heteroatoms. The number of anilines is 1. The standard InChI is InChI=1S/C19H26F2N4O/c1-25(11-12-26)19(9-5-2-6-10-19)13-22-17-14-7-3-4-8-15(14)23-18(24-17)16(20)21/h3-4,7-8,16,26H,2,5-6,9-13H2,1H3,(H,22,23,24). The number of nitrogens with one attached hydrogen (secondary N) is 1. The summed E-state index contributed by atoms with van der Waals surface area (Å²) in [6.07, 6.45) is 2.79. The van der Waals surface area contributed by atoms with Crippen LogP contribution in [0.5, 0.6) is 0 Å². The number of aliphatic hydroxyl groups excluding tert-OH is 1. The van der Waals surface area contributed by atoms with Crippen molar-refractivity contribution in [1.82, 2.24) is 14.9 Å². The van der Waals surface area contributed by atoms with Gasteiger partial charge in [0.2, 0.25) is 0 Å².